The number of unbranched alkanes of at least 4 members (excludes halogenated alkanes) is 1. The van der Waals surface area contributed by atoms with Crippen molar-refractivity contribution in [2.45, 2.75) is 108 Å². The number of phenols is 1. The number of rotatable bonds is 39. The number of phenolic OH excluding ortho intramolecular Hbond substituents is 1. The number of nitrogens with one attached hydrogen (secondary N) is 8. The number of carbonyl (C=O) groups excluding carboxylic acids is 7. The van der Waals surface area contributed by atoms with Crippen LogP contribution >= 0.6 is 34.0 Å². The first-order valence-electron chi connectivity index (χ1n) is 28.0. The van der Waals surface area contributed by atoms with E-state index in [-0.39, 0.29) is 66.2 Å². The number of benzene rings is 1. The molecule has 1 aromatic carbocycles. The van der Waals surface area contributed by atoms with Crippen molar-refractivity contribution in [2.75, 3.05) is 70.1 Å². The maximum Gasteiger partial charge on any atom is 0.271 e. The number of aromatic hydroxyl groups is 1. The predicted octanol–water partition coefficient (Wildman–Crippen LogP) is -1.02. The van der Waals surface area contributed by atoms with Crippen molar-refractivity contribution in [3.05, 3.63) is 73.8 Å². The van der Waals surface area contributed by atoms with E-state index in [9.17, 15) is 48.0 Å². The molecule has 8 atom stereocenters. The molecule has 28 nitrogen and oxygen atoms in total. The van der Waals surface area contributed by atoms with Crippen molar-refractivity contribution < 1.29 is 48.0 Å². The number of amides is 7. The molecule has 86 heavy (non-hydrogen) atoms. The van der Waals surface area contributed by atoms with Crippen LogP contribution in [0.3, 0.4) is 0 Å². The zero-order valence-corrected chi connectivity index (χ0v) is 51.8. The lowest BCUT2D eigenvalue weighted by Crippen LogP contribution is -2.55. The highest BCUT2D eigenvalue weighted by molar-refractivity contribution is 7.84. The number of aromatic nitrogens is 5. The van der Waals surface area contributed by atoms with Crippen LogP contribution in [0.15, 0.2) is 40.4 Å². The fraction of sp³-hybridized carbons (Fsp3) is 0.519. The van der Waals surface area contributed by atoms with Gasteiger partial charge in [-0.25, -0.2) is 24.9 Å². The fourth-order valence-corrected chi connectivity index (χ4v) is 11.3. The van der Waals surface area contributed by atoms with Crippen molar-refractivity contribution in [1.29, 1.82) is 0 Å². The van der Waals surface area contributed by atoms with Gasteiger partial charge < -0.3 is 81.4 Å². The lowest BCUT2D eigenvalue weighted by molar-refractivity contribution is -0.134. The summed E-state index contributed by atoms with van der Waals surface area (Å²) in [7, 11) is -1.42. The SMILES string of the molecule is Cc1c(N)nc([C@H](CC(N)=O)NC[C@H](N)C(N)=O)nc1C(=O)N[C@@H](CCS(C)=O)C(=O)N[C@H](C)[C@@H](O)[C@H](C)C(=O)N[C@@H](Cc1ccc(O)cc1)C(=O)NCCc1nc(-c2nc(-c3nc(C(=O)NCCCNCCCCNCCCN)cs3)cs2)cs1. The van der Waals surface area contributed by atoms with Crippen LogP contribution in [0, 0.1) is 12.8 Å². The van der Waals surface area contributed by atoms with Gasteiger partial charge in [-0.1, -0.05) is 19.1 Å². The van der Waals surface area contributed by atoms with E-state index in [1.165, 1.54) is 73.2 Å². The Morgan fingerprint density at radius 1 is 0.721 bits per heavy atom. The van der Waals surface area contributed by atoms with Gasteiger partial charge in [0.1, 0.15) is 62.3 Å². The van der Waals surface area contributed by atoms with Crippen LogP contribution in [-0.4, -0.2) is 175 Å². The second-order valence-electron chi connectivity index (χ2n) is 20.4. The summed E-state index contributed by atoms with van der Waals surface area (Å²) in [4.78, 5) is 115. The topological polar surface area (TPSA) is 468 Å². The van der Waals surface area contributed by atoms with Crippen LogP contribution < -0.4 is 71.2 Å². The third-order valence-corrected chi connectivity index (χ3v) is 16.9. The molecular weight excluding hydrogens is 1190 g/mol. The number of anilines is 1. The Morgan fingerprint density at radius 2 is 1.37 bits per heavy atom. The number of carbonyl (C=O) groups is 7. The first-order chi connectivity index (χ1) is 41.0. The van der Waals surface area contributed by atoms with E-state index in [1.54, 1.807) is 17.5 Å². The quantitative estimate of drug-likeness (QED) is 0.0209. The summed E-state index contributed by atoms with van der Waals surface area (Å²) in [5.41, 5.74) is 30.2. The van der Waals surface area contributed by atoms with Crippen molar-refractivity contribution in [3.63, 3.8) is 0 Å². The average molecular weight is 1270 g/mol. The maximum atomic E-state index is 13.9. The predicted molar refractivity (Wildman–Crippen MR) is 331 cm³/mol. The zero-order valence-electron chi connectivity index (χ0n) is 48.5. The number of nitrogens with zero attached hydrogens (tertiary/aromatic N) is 5. The molecule has 0 aliphatic rings. The molecule has 0 aliphatic heterocycles. The molecule has 4 heterocycles. The maximum absolute atomic E-state index is 13.9. The Balaban J connectivity index is 1.15. The molecular formula is C54H80N18O10S4. The Labute approximate surface area is 513 Å². The first kappa shape index (κ1) is 69.8. The van der Waals surface area contributed by atoms with Gasteiger partial charge in [-0.05, 0) is 96.4 Å². The number of nitrogen functional groups attached to an aromatic ring is 1. The van der Waals surface area contributed by atoms with Crippen molar-refractivity contribution in [2.24, 2.45) is 28.9 Å². The molecule has 0 bridgehead atoms. The van der Waals surface area contributed by atoms with Gasteiger partial charge in [0.2, 0.25) is 29.5 Å². The lowest BCUT2D eigenvalue weighted by atomic mass is 9.96. The number of aliphatic hydroxyl groups is 1. The summed E-state index contributed by atoms with van der Waals surface area (Å²) in [6, 6.07) is 0.221. The molecule has 470 valence electrons. The molecule has 0 fully saturated rings. The van der Waals surface area contributed by atoms with Gasteiger partial charge in [0, 0.05) is 83.4 Å². The number of thiazole rings is 3. The summed E-state index contributed by atoms with van der Waals surface area (Å²) in [5.74, 6) is -6.43. The van der Waals surface area contributed by atoms with Crippen molar-refractivity contribution in [3.8, 4) is 27.2 Å². The number of hydrogen-bond donors (Lipinski definition) is 15. The van der Waals surface area contributed by atoms with Crippen LogP contribution in [0.5, 0.6) is 5.75 Å². The number of primary amides is 2. The zero-order chi connectivity index (χ0) is 62.9. The fourth-order valence-electron chi connectivity index (χ4n) is 8.32. The third kappa shape index (κ3) is 22.7. The average Bonchev–Trinajstić information content (AvgIpc) is 1.94. The van der Waals surface area contributed by atoms with Crippen LogP contribution in [0.2, 0.25) is 0 Å². The molecule has 0 saturated heterocycles. The highest BCUT2D eigenvalue weighted by Crippen LogP contribution is 2.31. The highest BCUT2D eigenvalue weighted by atomic mass is 32.2. The van der Waals surface area contributed by atoms with Crippen LogP contribution in [0.25, 0.3) is 21.4 Å². The lowest BCUT2D eigenvalue weighted by Gasteiger charge is -2.28. The number of hydrogen-bond acceptors (Lipinski definition) is 24. The van der Waals surface area contributed by atoms with Gasteiger partial charge in [0.25, 0.3) is 11.8 Å². The van der Waals surface area contributed by atoms with E-state index in [1.807, 2.05) is 10.8 Å². The minimum Gasteiger partial charge on any atom is -0.508 e. The van der Waals surface area contributed by atoms with Gasteiger partial charge in [0.05, 0.1) is 35.2 Å². The smallest absolute Gasteiger partial charge is 0.271 e. The Morgan fingerprint density at radius 3 is 2.05 bits per heavy atom. The van der Waals surface area contributed by atoms with Gasteiger partial charge in [-0.3, -0.25) is 37.8 Å². The summed E-state index contributed by atoms with van der Waals surface area (Å²) < 4.78 is 12.2. The van der Waals surface area contributed by atoms with E-state index >= 15 is 0 Å². The molecule has 0 radical (unpaired) electrons. The van der Waals surface area contributed by atoms with Crippen LogP contribution in [0.4, 0.5) is 5.82 Å². The molecule has 0 saturated carbocycles. The Kier molecular flexibility index (Phi) is 28.9. The second-order valence-corrected chi connectivity index (χ2v) is 24.6. The first-order valence-corrected chi connectivity index (χ1v) is 32.3. The van der Waals surface area contributed by atoms with Gasteiger partial charge >= 0.3 is 0 Å². The summed E-state index contributed by atoms with van der Waals surface area (Å²) in [5, 5.41) is 52.2. The molecule has 0 spiro atoms. The van der Waals surface area contributed by atoms with Crippen LogP contribution in [-0.2, 0) is 47.6 Å². The van der Waals surface area contributed by atoms with E-state index < -0.39 is 94.9 Å². The van der Waals surface area contributed by atoms with E-state index in [2.05, 4.69) is 57.5 Å². The summed E-state index contributed by atoms with van der Waals surface area (Å²) >= 11 is 4.09. The molecule has 1 unspecified atom stereocenters. The minimum atomic E-state index is -1.54. The van der Waals surface area contributed by atoms with Gasteiger partial charge in [0.15, 0.2) is 0 Å². The summed E-state index contributed by atoms with van der Waals surface area (Å²) in [6.45, 7) is 9.07. The molecule has 5 aromatic rings. The van der Waals surface area contributed by atoms with Crippen molar-refractivity contribution in [1.82, 2.24) is 67.5 Å². The van der Waals surface area contributed by atoms with E-state index in [0.717, 1.165) is 51.9 Å². The Bertz CT molecular complexity index is 3070. The largest absolute Gasteiger partial charge is 0.508 e. The van der Waals surface area contributed by atoms with E-state index in [4.69, 9.17) is 38.6 Å². The third-order valence-electron chi connectivity index (χ3n) is 13.4. The Hall–Kier alpha value is -7.01. The van der Waals surface area contributed by atoms with Crippen molar-refractivity contribution >= 4 is 92.0 Å². The molecule has 4 aromatic heterocycles. The van der Waals surface area contributed by atoms with Gasteiger partial charge in [-0.15, -0.1) is 34.0 Å². The molecule has 32 heteroatoms. The summed E-state index contributed by atoms with van der Waals surface area (Å²) in [6.07, 6.45) is 3.60. The molecule has 5 rings (SSSR count). The number of aliphatic hydroxyl groups excluding tert-OH is 1. The monoisotopic (exact) mass is 1270 g/mol. The second kappa shape index (κ2) is 35.6. The van der Waals surface area contributed by atoms with Crippen LogP contribution in [0.1, 0.15) is 101 Å². The van der Waals surface area contributed by atoms with Gasteiger partial charge in [-0.2, -0.15) is 0 Å². The molecule has 20 N–H and O–H groups in total. The normalized spacial score (nSPS) is 14.2. The van der Waals surface area contributed by atoms with E-state index in [0.29, 0.717) is 57.2 Å². The standard InChI is InChI=1S/C54H80N18O10S4/c1-29-43(71-47(72-45(29)58)36(24-41(57)74)64-25-34(56)46(59)76)52(81)67-35(14-22-86(4)82)51(80)65-31(3)44(75)30(2)48(77)68-37(23-32-9-11-33(73)12-10-32)49(78)63-21-13-42-66-39(27-83-42)53-70-40(28-85-53)54-69-38(26-84-54)50(79)62-20-8-19-61-17-6-5-16-60-18-7-15-55/h9-12,26-28,30-31,34-37,44,60-61,64,73,75H,5-8,13-25,55-56H2,1-4H3,(H2,57,74)(H2,59,76)(H,62,79)(H,63,78)(H,65,80)(H,67,81)(H,68,77)(H2,58,71,72)/t30-,31+,34-,35-,36-,37-,44-,86?/m0/s1. The number of nitrogens with two attached hydrogens (primary N) is 5. The molecule has 0 aliphatic carbocycles. The highest BCUT2D eigenvalue weighted by Gasteiger charge is 2.34. The molecule has 7 amide bonds. The minimum absolute atomic E-state index is 0.00280.